The van der Waals surface area contributed by atoms with Gasteiger partial charge in [-0.25, -0.2) is 4.98 Å². The van der Waals surface area contributed by atoms with Crippen LogP contribution < -0.4 is 0 Å². The van der Waals surface area contributed by atoms with E-state index < -0.39 is 0 Å². The predicted molar refractivity (Wildman–Crippen MR) is 68.6 cm³/mol. The van der Waals surface area contributed by atoms with E-state index in [1.54, 1.807) is 12.1 Å². The third-order valence-corrected chi connectivity index (χ3v) is 2.77. The van der Waals surface area contributed by atoms with Crippen LogP contribution in [-0.4, -0.2) is 10.8 Å². The Morgan fingerprint density at radius 1 is 1.11 bits per heavy atom. The van der Waals surface area contributed by atoms with Gasteiger partial charge < -0.3 is 4.42 Å². The number of nitrogens with zero attached hydrogens (tertiary/aromatic N) is 1. The van der Waals surface area contributed by atoms with E-state index in [1.165, 1.54) is 0 Å². The summed E-state index contributed by atoms with van der Waals surface area (Å²) in [6, 6.07) is 14.7. The summed E-state index contributed by atoms with van der Waals surface area (Å²) in [5.41, 5.74) is 3.03. The number of aryl methyl sites for hydroxylation is 1. The molecule has 0 radical (unpaired) electrons. The Morgan fingerprint density at radius 2 is 1.89 bits per heavy atom. The fourth-order valence-corrected chi connectivity index (χ4v) is 1.85. The smallest absolute Gasteiger partial charge is 0.269 e. The van der Waals surface area contributed by atoms with Crippen LogP contribution in [0.15, 0.2) is 52.9 Å². The molecule has 0 aliphatic heterocycles. The Morgan fingerprint density at radius 3 is 2.67 bits per heavy atom. The zero-order valence-corrected chi connectivity index (χ0v) is 9.88. The molecular formula is C15H11NO2. The predicted octanol–water partition coefficient (Wildman–Crippen LogP) is 3.37. The average molecular weight is 237 g/mol. The first-order valence-corrected chi connectivity index (χ1v) is 5.71. The van der Waals surface area contributed by atoms with Crippen LogP contribution in [0.3, 0.4) is 0 Å². The minimum Gasteiger partial charge on any atom is -0.433 e. The number of carbonyl (C=O) groups is 1. The number of aromatic nitrogens is 1. The zero-order chi connectivity index (χ0) is 12.5. The molecule has 88 valence electrons. The summed E-state index contributed by atoms with van der Waals surface area (Å²) in [5.74, 6) is -0.0498. The number of ketones is 1. The van der Waals surface area contributed by atoms with Crippen molar-refractivity contribution >= 4 is 16.9 Å². The first-order chi connectivity index (χ1) is 8.74. The molecule has 0 aliphatic rings. The summed E-state index contributed by atoms with van der Waals surface area (Å²) in [6.07, 6.45) is 0. The van der Waals surface area contributed by atoms with Crippen molar-refractivity contribution in [3.05, 3.63) is 65.5 Å². The Labute approximate surface area is 104 Å². The molecule has 0 spiro atoms. The third kappa shape index (κ3) is 1.80. The van der Waals surface area contributed by atoms with Gasteiger partial charge in [0.1, 0.15) is 5.52 Å². The molecule has 18 heavy (non-hydrogen) atoms. The van der Waals surface area contributed by atoms with Gasteiger partial charge in [0.25, 0.3) is 5.89 Å². The Bertz CT molecular complexity index is 714. The third-order valence-electron chi connectivity index (χ3n) is 2.77. The van der Waals surface area contributed by atoms with E-state index in [1.807, 2.05) is 43.3 Å². The number of fused-ring (bicyclic) bond motifs is 1. The van der Waals surface area contributed by atoms with Gasteiger partial charge in [-0.3, -0.25) is 4.79 Å². The van der Waals surface area contributed by atoms with Crippen molar-refractivity contribution < 1.29 is 9.21 Å². The van der Waals surface area contributed by atoms with Crippen LogP contribution in [0.1, 0.15) is 21.8 Å². The van der Waals surface area contributed by atoms with E-state index >= 15 is 0 Å². The van der Waals surface area contributed by atoms with Crippen molar-refractivity contribution in [2.24, 2.45) is 0 Å². The first-order valence-electron chi connectivity index (χ1n) is 5.71. The van der Waals surface area contributed by atoms with Gasteiger partial charge >= 0.3 is 0 Å². The van der Waals surface area contributed by atoms with Crippen molar-refractivity contribution in [3.63, 3.8) is 0 Å². The Hall–Kier alpha value is -2.42. The highest BCUT2D eigenvalue weighted by Crippen LogP contribution is 2.18. The molecule has 0 atom stereocenters. The van der Waals surface area contributed by atoms with E-state index in [-0.39, 0.29) is 11.7 Å². The Kier molecular flexibility index (Phi) is 2.45. The molecule has 0 amide bonds. The molecule has 0 bridgehead atoms. The number of hydrogen-bond donors (Lipinski definition) is 0. The van der Waals surface area contributed by atoms with Crippen molar-refractivity contribution in [1.29, 1.82) is 0 Å². The molecular weight excluding hydrogens is 226 g/mol. The molecule has 0 saturated heterocycles. The average Bonchev–Trinajstić information content (AvgIpc) is 2.81. The molecule has 1 aromatic heterocycles. The molecule has 0 saturated carbocycles. The molecule has 3 nitrogen and oxygen atoms in total. The number of carbonyl (C=O) groups excluding carboxylic acids is 1. The summed E-state index contributed by atoms with van der Waals surface area (Å²) in [4.78, 5) is 16.4. The van der Waals surface area contributed by atoms with Crippen LogP contribution in [0.5, 0.6) is 0 Å². The zero-order valence-electron chi connectivity index (χ0n) is 9.88. The molecule has 2 aromatic carbocycles. The van der Waals surface area contributed by atoms with Gasteiger partial charge in [0, 0.05) is 5.56 Å². The highest BCUT2D eigenvalue weighted by molar-refractivity contribution is 6.06. The van der Waals surface area contributed by atoms with Crippen LogP contribution in [0.2, 0.25) is 0 Å². The first kappa shape index (κ1) is 10.7. The molecule has 3 rings (SSSR count). The maximum Gasteiger partial charge on any atom is 0.269 e. The van der Waals surface area contributed by atoms with Crippen molar-refractivity contribution in [2.75, 3.05) is 0 Å². The molecule has 0 N–H and O–H groups in total. The maximum absolute atomic E-state index is 12.1. The number of oxazole rings is 1. The molecule has 3 heteroatoms. The summed E-state index contributed by atoms with van der Waals surface area (Å²) in [5, 5.41) is 0. The van der Waals surface area contributed by atoms with E-state index in [4.69, 9.17) is 4.42 Å². The lowest BCUT2D eigenvalue weighted by atomic mass is 10.1. The molecule has 0 aliphatic carbocycles. The summed E-state index contributed by atoms with van der Waals surface area (Å²) in [7, 11) is 0. The summed E-state index contributed by atoms with van der Waals surface area (Å²) >= 11 is 0. The summed E-state index contributed by atoms with van der Waals surface area (Å²) < 4.78 is 5.48. The van der Waals surface area contributed by atoms with E-state index in [0.29, 0.717) is 16.7 Å². The number of benzene rings is 2. The molecule has 0 unspecified atom stereocenters. The van der Waals surface area contributed by atoms with Crippen LogP contribution >= 0.6 is 0 Å². The van der Waals surface area contributed by atoms with Gasteiger partial charge in [-0.2, -0.15) is 0 Å². The van der Waals surface area contributed by atoms with Gasteiger partial charge in [0.2, 0.25) is 5.78 Å². The lowest BCUT2D eigenvalue weighted by Gasteiger charge is -1.94. The largest absolute Gasteiger partial charge is 0.433 e. The fourth-order valence-electron chi connectivity index (χ4n) is 1.85. The SMILES string of the molecule is Cc1ccc2oc(C(=O)c3ccccc3)nc2c1. The van der Waals surface area contributed by atoms with Crippen LogP contribution in [0.25, 0.3) is 11.1 Å². The summed E-state index contributed by atoms with van der Waals surface area (Å²) in [6.45, 7) is 1.98. The minimum atomic E-state index is -0.190. The minimum absolute atomic E-state index is 0.141. The van der Waals surface area contributed by atoms with Crippen molar-refractivity contribution in [2.45, 2.75) is 6.92 Å². The quantitative estimate of drug-likeness (QED) is 0.642. The highest BCUT2D eigenvalue weighted by atomic mass is 16.4. The molecule has 3 aromatic rings. The van der Waals surface area contributed by atoms with Crippen molar-refractivity contribution in [1.82, 2.24) is 4.98 Å². The second-order valence-corrected chi connectivity index (χ2v) is 4.19. The van der Waals surface area contributed by atoms with E-state index in [0.717, 1.165) is 5.56 Å². The van der Waals surface area contributed by atoms with Gasteiger partial charge in [-0.05, 0) is 24.6 Å². The van der Waals surface area contributed by atoms with Crippen LogP contribution in [0.4, 0.5) is 0 Å². The van der Waals surface area contributed by atoms with Gasteiger partial charge in [-0.1, -0.05) is 36.4 Å². The lowest BCUT2D eigenvalue weighted by Crippen LogP contribution is -2.00. The van der Waals surface area contributed by atoms with E-state index in [2.05, 4.69) is 4.98 Å². The second-order valence-electron chi connectivity index (χ2n) is 4.19. The normalized spacial score (nSPS) is 10.7. The van der Waals surface area contributed by atoms with Gasteiger partial charge in [-0.15, -0.1) is 0 Å². The number of rotatable bonds is 2. The molecule has 1 heterocycles. The maximum atomic E-state index is 12.1. The van der Waals surface area contributed by atoms with Crippen molar-refractivity contribution in [3.8, 4) is 0 Å². The monoisotopic (exact) mass is 237 g/mol. The Balaban J connectivity index is 2.07. The van der Waals surface area contributed by atoms with Crippen LogP contribution in [-0.2, 0) is 0 Å². The van der Waals surface area contributed by atoms with Gasteiger partial charge in [0.05, 0.1) is 0 Å². The standard InChI is InChI=1S/C15H11NO2/c1-10-7-8-13-12(9-10)16-15(18-13)14(17)11-5-3-2-4-6-11/h2-9H,1H3. The highest BCUT2D eigenvalue weighted by Gasteiger charge is 2.15. The lowest BCUT2D eigenvalue weighted by molar-refractivity contribution is 0.100. The number of hydrogen-bond acceptors (Lipinski definition) is 3. The second kappa shape index (κ2) is 4.11. The van der Waals surface area contributed by atoms with Gasteiger partial charge in [0.15, 0.2) is 5.58 Å². The molecule has 0 fully saturated rings. The van der Waals surface area contributed by atoms with Crippen LogP contribution in [0, 0.1) is 6.92 Å². The van der Waals surface area contributed by atoms with E-state index in [9.17, 15) is 4.79 Å². The topological polar surface area (TPSA) is 43.1 Å². The fraction of sp³-hybridized carbons (Fsp3) is 0.0667.